The Balaban J connectivity index is 2.43. The minimum Gasteiger partial charge on any atom is -0.299 e. The highest BCUT2D eigenvalue weighted by Gasteiger charge is 2.23. The van der Waals surface area contributed by atoms with E-state index in [0.717, 1.165) is 12.1 Å². The number of para-hydroxylation sites is 1. The smallest absolute Gasteiger partial charge is 0.184 e. The van der Waals surface area contributed by atoms with E-state index in [9.17, 15) is 4.79 Å². The average Bonchev–Trinajstić information content (AvgIpc) is 2.27. The Bertz CT molecular complexity index is 333. The molecule has 0 N–H and O–H groups in total. The normalized spacial score (nSPS) is 18.1. The average molecular weight is 175 g/mol. The first-order chi connectivity index (χ1) is 6.27. The number of anilines is 1. The van der Waals surface area contributed by atoms with Gasteiger partial charge in [0, 0.05) is 18.1 Å². The van der Waals surface area contributed by atoms with Gasteiger partial charge in [0.15, 0.2) is 5.69 Å². The van der Waals surface area contributed by atoms with Crippen LogP contribution in [0.5, 0.6) is 0 Å². The van der Waals surface area contributed by atoms with Crippen LogP contribution in [0, 0.1) is 0 Å². The SMILES string of the molecule is C[N+]1CCC(=O)Cc2ccccc21. The molecule has 0 atom stereocenters. The van der Waals surface area contributed by atoms with Gasteiger partial charge in [-0.05, 0) is 0 Å². The highest BCUT2D eigenvalue weighted by atomic mass is 16.1. The second-order valence-electron chi connectivity index (χ2n) is 3.52. The standard InChI is InChI=1S/C11H13NO/c1-12-7-6-10(13)8-9-4-2-3-5-11(9)12/h2-5H,6-8H2,1H3/q+1. The number of fused-ring (bicyclic) bond motifs is 1. The Morgan fingerprint density at radius 2 is 2.08 bits per heavy atom. The zero-order valence-electron chi connectivity index (χ0n) is 7.79. The van der Waals surface area contributed by atoms with E-state index in [0.29, 0.717) is 18.6 Å². The van der Waals surface area contributed by atoms with Crippen LogP contribution in [0.1, 0.15) is 12.0 Å². The van der Waals surface area contributed by atoms with E-state index in [4.69, 9.17) is 0 Å². The molecule has 0 saturated carbocycles. The van der Waals surface area contributed by atoms with Gasteiger partial charge in [0.1, 0.15) is 19.4 Å². The Morgan fingerprint density at radius 1 is 1.31 bits per heavy atom. The number of carbonyl (C=O) groups excluding carboxylic acids is 1. The van der Waals surface area contributed by atoms with E-state index in [1.165, 1.54) is 5.69 Å². The molecule has 1 aromatic rings. The molecular weight excluding hydrogens is 162 g/mol. The number of rotatable bonds is 0. The molecule has 2 nitrogen and oxygen atoms in total. The van der Waals surface area contributed by atoms with Gasteiger partial charge in [-0.3, -0.25) is 4.79 Å². The Hall–Kier alpha value is -1.15. The molecule has 1 aromatic carbocycles. The topological polar surface area (TPSA) is 23.0 Å². The monoisotopic (exact) mass is 175 g/mol. The van der Waals surface area contributed by atoms with Crippen molar-refractivity contribution < 1.29 is 4.79 Å². The molecule has 13 heavy (non-hydrogen) atoms. The van der Waals surface area contributed by atoms with Crippen LogP contribution in [-0.4, -0.2) is 19.4 Å². The first-order valence-corrected chi connectivity index (χ1v) is 4.58. The third-order valence-electron chi connectivity index (χ3n) is 2.52. The van der Waals surface area contributed by atoms with Crippen molar-refractivity contribution in [2.75, 3.05) is 13.6 Å². The van der Waals surface area contributed by atoms with Gasteiger partial charge >= 0.3 is 0 Å². The number of nitrogens with zero attached hydrogens (tertiary/aromatic N) is 1. The minimum atomic E-state index is 0.344. The first kappa shape index (κ1) is 8.45. The van der Waals surface area contributed by atoms with Crippen molar-refractivity contribution in [1.29, 1.82) is 0 Å². The molecule has 0 unspecified atom stereocenters. The molecule has 1 heterocycles. The Morgan fingerprint density at radius 3 is 2.92 bits per heavy atom. The summed E-state index contributed by atoms with van der Waals surface area (Å²) in [5.74, 6) is 0.344. The zero-order chi connectivity index (χ0) is 9.26. The van der Waals surface area contributed by atoms with Crippen molar-refractivity contribution in [3.8, 4) is 0 Å². The fourth-order valence-electron chi connectivity index (χ4n) is 1.75. The van der Waals surface area contributed by atoms with Crippen LogP contribution < -0.4 is 4.90 Å². The van der Waals surface area contributed by atoms with Crippen LogP contribution in [0.3, 0.4) is 0 Å². The second kappa shape index (κ2) is 3.30. The summed E-state index contributed by atoms with van der Waals surface area (Å²) in [4.78, 5) is 13.5. The van der Waals surface area contributed by atoms with Gasteiger partial charge in [-0.1, -0.05) is 18.2 Å². The van der Waals surface area contributed by atoms with E-state index < -0.39 is 0 Å². The summed E-state index contributed by atoms with van der Waals surface area (Å²) < 4.78 is 0. The third kappa shape index (κ3) is 1.63. The molecule has 1 aliphatic rings. The summed E-state index contributed by atoms with van der Waals surface area (Å²) in [5.41, 5.74) is 2.36. The summed E-state index contributed by atoms with van der Waals surface area (Å²) in [6.07, 6.45) is 1.27. The van der Waals surface area contributed by atoms with Crippen molar-refractivity contribution in [2.45, 2.75) is 12.8 Å². The molecule has 0 aromatic heterocycles. The fourth-order valence-corrected chi connectivity index (χ4v) is 1.75. The van der Waals surface area contributed by atoms with Crippen molar-refractivity contribution in [1.82, 2.24) is 4.90 Å². The maximum Gasteiger partial charge on any atom is 0.184 e. The van der Waals surface area contributed by atoms with Gasteiger partial charge in [0.2, 0.25) is 0 Å². The van der Waals surface area contributed by atoms with Crippen molar-refractivity contribution >= 4 is 11.5 Å². The number of hydrogen-bond donors (Lipinski definition) is 0. The molecule has 1 radical (unpaired) electrons. The molecule has 2 rings (SSSR count). The van der Waals surface area contributed by atoms with Gasteiger partial charge in [0.05, 0.1) is 6.42 Å². The summed E-state index contributed by atoms with van der Waals surface area (Å²) in [5, 5.41) is 0. The second-order valence-corrected chi connectivity index (χ2v) is 3.52. The summed E-state index contributed by atoms with van der Waals surface area (Å²) in [6, 6.07) is 8.12. The maximum atomic E-state index is 11.4. The summed E-state index contributed by atoms with van der Waals surface area (Å²) in [6.45, 7) is 0.843. The largest absolute Gasteiger partial charge is 0.299 e. The van der Waals surface area contributed by atoms with Crippen molar-refractivity contribution in [2.24, 2.45) is 0 Å². The maximum absolute atomic E-state index is 11.4. The van der Waals surface area contributed by atoms with Crippen molar-refractivity contribution in [3.05, 3.63) is 29.8 Å². The lowest BCUT2D eigenvalue weighted by molar-refractivity contribution is -0.118. The minimum absolute atomic E-state index is 0.344. The lowest BCUT2D eigenvalue weighted by Gasteiger charge is -2.04. The zero-order valence-corrected chi connectivity index (χ0v) is 7.79. The summed E-state index contributed by atoms with van der Waals surface area (Å²) >= 11 is 0. The number of hydrogen-bond acceptors (Lipinski definition) is 2. The first-order valence-electron chi connectivity index (χ1n) is 4.58. The fraction of sp³-hybridized carbons (Fsp3) is 0.364. The van der Waals surface area contributed by atoms with Gasteiger partial charge in [-0.25, -0.2) is 0 Å². The quantitative estimate of drug-likeness (QED) is 0.549. The Labute approximate surface area is 78.2 Å². The number of ketones is 1. The molecule has 0 fully saturated rings. The lowest BCUT2D eigenvalue weighted by atomic mass is 10.1. The van der Waals surface area contributed by atoms with E-state index in [-0.39, 0.29) is 0 Å². The van der Waals surface area contributed by atoms with E-state index >= 15 is 0 Å². The van der Waals surface area contributed by atoms with E-state index in [2.05, 4.69) is 11.0 Å². The number of Topliss-reactive ketones (excluding diaryl/α,β-unsaturated/α-hetero) is 1. The Kier molecular flexibility index (Phi) is 2.15. The van der Waals surface area contributed by atoms with Crippen LogP contribution in [0.4, 0.5) is 5.69 Å². The van der Waals surface area contributed by atoms with Gasteiger partial charge in [0.25, 0.3) is 0 Å². The molecular formula is C11H13NO+. The predicted octanol–water partition coefficient (Wildman–Crippen LogP) is 1.60. The van der Waals surface area contributed by atoms with Crippen LogP contribution in [0.2, 0.25) is 0 Å². The van der Waals surface area contributed by atoms with Crippen LogP contribution in [0.25, 0.3) is 0 Å². The molecule has 0 aliphatic carbocycles. The number of carbonyl (C=O) groups is 1. The van der Waals surface area contributed by atoms with Crippen LogP contribution in [-0.2, 0) is 11.2 Å². The van der Waals surface area contributed by atoms with E-state index in [1.807, 2.05) is 25.2 Å². The lowest BCUT2D eigenvalue weighted by Crippen LogP contribution is -2.19. The molecule has 0 spiro atoms. The highest BCUT2D eigenvalue weighted by molar-refractivity contribution is 5.83. The number of benzene rings is 1. The molecule has 0 saturated heterocycles. The highest BCUT2D eigenvalue weighted by Crippen LogP contribution is 2.22. The molecule has 1 aliphatic heterocycles. The molecule has 0 amide bonds. The van der Waals surface area contributed by atoms with Crippen molar-refractivity contribution in [3.63, 3.8) is 0 Å². The van der Waals surface area contributed by atoms with Crippen LogP contribution in [0.15, 0.2) is 24.3 Å². The molecule has 67 valence electrons. The molecule has 2 heteroatoms. The van der Waals surface area contributed by atoms with E-state index in [1.54, 1.807) is 0 Å². The third-order valence-corrected chi connectivity index (χ3v) is 2.52. The molecule has 0 bridgehead atoms. The summed E-state index contributed by atoms with van der Waals surface area (Å²) in [7, 11) is 2.04. The van der Waals surface area contributed by atoms with Gasteiger partial charge in [-0.2, -0.15) is 0 Å². The predicted molar refractivity (Wildman–Crippen MR) is 52.4 cm³/mol. The van der Waals surface area contributed by atoms with Gasteiger partial charge in [-0.15, -0.1) is 4.90 Å². The van der Waals surface area contributed by atoms with Gasteiger partial charge < -0.3 is 0 Å². The van der Waals surface area contributed by atoms with Crippen LogP contribution >= 0.6 is 0 Å².